The predicted molar refractivity (Wildman–Crippen MR) is 86.4 cm³/mol. The predicted octanol–water partition coefficient (Wildman–Crippen LogP) is 3.16. The van der Waals surface area contributed by atoms with Gasteiger partial charge in [0.2, 0.25) is 0 Å². The Labute approximate surface area is 139 Å². The molecule has 1 atom stereocenters. The molecule has 0 aliphatic heterocycles. The maximum atomic E-state index is 13.3. The third-order valence-corrected chi connectivity index (χ3v) is 4.84. The summed E-state index contributed by atoms with van der Waals surface area (Å²) in [6.45, 7) is 0. The average molecular weight is 324 g/mol. The lowest BCUT2D eigenvalue weighted by Gasteiger charge is -2.17. The van der Waals surface area contributed by atoms with Crippen LogP contribution in [0, 0.1) is 5.82 Å². The second kappa shape index (κ2) is 5.82. The normalized spacial score (nSPS) is 18.9. The molecule has 1 heterocycles. The molecule has 0 saturated carbocycles. The van der Waals surface area contributed by atoms with Gasteiger partial charge in [-0.3, -0.25) is 14.6 Å². The smallest absolute Gasteiger partial charge is 0.253 e. The van der Waals surface area contributed by atoms with Crippen LogP contribution in [0.25, 0.3) is 0 Å². The van der Waals surface area contributed by atoms with Gasteiger partial charge < -0.3 is 5.32 Å². The SMILES string of the molecule is O=C(NC1CCc2cc(F)ccc21)c1cnc2c(c1)C(=O)CCC2. The van der Waals surface area contributed by atoms with Gasteiger partial charge >= 0.3 is 0 Å². The Bertz CT molecular complexity index is 847. The number of carbonyl (C=O) groups is 2. The molecule has 24 heavy (non-hydrogen) atoms. The van der Waals surface area contributed by atoms with E-state index in [0.29, 0.717) is 17.5 Å². The molecule has 0 spiro atoms. The highest BCUT2D eigenvalue weighted by atomic mass is 19.1. The average Bonchev–Trinajstić information content (AvgIpc) is 2.97. The number of rotatable bonds is 2. The largest absolute Gasteiger partial charge is 0.345 e. The van der Waals surface area contributed by atoms with Crippen molar-refractivity contribution in [2.24, 2.45) is 0 Å². The van der Waals surface area contributed by atoms with Gasteiger partial charge in [0.25, 0.3) is 5.91 Å². The fourth-order valence-electron chi connectivity index (χ4n) is 3.59. The summed E-state index contributed by atoms with van der Waals surface area (Å²) < 4.78 is 13.3. The van der Waals surface area contributed by atoms with E-state index in [1.165, 1.54) is 18.3 Å². The first kappa shape index (κ1) is 15.0. The number of ketones is 1. The number of aromatic nitrogens is 1. The fraction of sp³-hybridized carbons (Fsp3) is 0.316. The van der Waals surface area contributed by atoms with E-state index in [1.807, 2.05) is 0 Å². The molecule has 2 aliphatic rings. The van der Waals surface area contributed by atoms with Crippen molar-refractivity contribution >= 4 is 11.7 Å². The van der Waals surface area contributed by atoms with Crippen LogP contribution in [0.3, 0.4) is 0 Å². The van der Waals surface area contributed by atoms with Gasteiger partial charge in [0, 0.05) is 18.2 Å². The summed E-state index contributed by atoms with van der Waals surface area (Å²) in [6, 6.07) is 6.21. The molecule has 122 valence electrons. The molecule has 2 aliphatic carbocycles. The van der Waals surface area contributed by atoms with Crippen LogP contribution in [0.4, 0.5) is 4.39 Å². The molecule has 0 fully saturated rings. The summed E-state index contributed by atoms with van der Waals surface area (Å²) in [6.07, 6.45) is 5.15. The van der Waals surface area contributed by atoms with Crippen molar-refractivity contribution in [1.82, 2.24) is 10.3 Å². The number of Topliss-reactive ketones (excluding diaryl/α,β-unsaturated/α-hetero) is 1. The van der Waals surface area contributed by atoms with E-state index < -0.39 is 0 Å². The number of nitrogens with zero attached hydrogens (tertiary/aromatic N) is 1. The molecule has 0 bridgehead atoms. The molecule has 0 saturated heterocycles. The van der Waals surface area contributed by atoms with Crippen molar-refractivity contribution in [1.29, 1.82) is 0 Å². The highest BCUT2D eigenvalue weighted by molar-refractivity contribution is 6.01. The molecule has 2 aromatic rings. The van der Waals surface area contributed by atoms with E-state index >= 15 is 0 Å². The van der Waals surface area contributed by atoms with Crippen molar-refractivity contribution in [3.8, 4) is 0 Å². The van der Waals surface area contributed by atoms with E-state index in [-0.39, 0.29) is 23.5 Å². The van der Waals surface area contributed by atoms with Gasteiger partial charge in [0.1, 0.15) is 5.82 Å². The third-order valence-electron chi connectivity index (χ3n) is 4.84. The van der Waals surface area contributed by atoms with E-state index in [4.69, 9.17) is 0 Å². The Morgan fingerprint density at radius 2 is 2.08 bits per heavy atom. The number of hydrogen-bond donors (Lipinski definition) is 1. The fourth-order valence-corrected chi connectivity index (χ4v) is 3.59. The van der Waals surface area contributed by atoms with E-state index in [9.17, 15) is 14.0 Å². The molecule has 4 nitrogen and oxygen atoms in total. The molecule has 1 aromatic heterocycles. The molecule has 5 heteroatoms. The summed E-state index contributed by atoms with van der Waals surface area (Å²) in [7, 11) is 0. The Morgan fingerprint density at radius 3 is 2.96 bits per heavy atom. The van der Waals surface area contributed by atoms with Gasteiger partial charge in [0.05, 0.1) is 17.3 Å². The molecule has 1 N–H and O–H groups in total. The number of halogens is 1. The Kier molecular flexibility index (Phi) is 3.63. The minimum atomic E-state index is -0.252. The van der Waals surface area contributed by atoms with Crippen molar-refractivity contribution in [3.05, 3.63) is 64.2 Å². The first-order valence-corrected chi connectivity index (χ1v) is 8.23. The summed E-state index contributed by atoms with van der Waals surface area (Å²) in [5.41, 5.74) is 3.66. The zero-order valence-corrected chi connectivity index (χ0v) is 13.1. The van der Waals surface area contributed by atoms with Crippen LogP contribution in [0.1, 0.15) is 62.8 Å². The minimum absolute atomic E-state index is 0.0556. The maximum absolute atomic E-state index is 13.3. The molecular formula is C19H17FN2O2. The highest BCUT2D eigenvalue weighted by Crippen LogP contribution is 2.31. The van der Waals surface area contributed by atoms with E-state index in [2.05, 4.69) is 10.3 Å². The topological polar surface area (TPSA) is 59.1 Å². The number of benzene rings is 1. The summed E-state index contributed by atoms with van der Waals surface area (Å²) in [4.78, 5) is 28.8. The maximum Gasteiger partial charge on any atom is 0.253 e. The van der Waals surface area contributed by atoms with Gasteiger partial charge in [-0.15, -0.1) is 0 Å². The van der Waals surface area contributed by atoms with Crippen LogP contribution in [-0.2, 0) is 12.8 Å². The van der Waals surface area contributed by atoms with Crippen molar-refractivity contribution in [2.45, 2.75) is 38.1 Å². The van der Waals surface area contributed by atoms with Crippen LogP contribution in [0.15, 0.2) is 30.5 Å². The lowest BCUT2D eigenvalue weighted by atomic mass is 9.94. The third kappa shape index (κ3) is 2.60. The molecular weight excluding hydrogens is 307 g/mol. The number of carbonyl (C=O) groups excluding carboxylic acids is 2. The van der Waals surface area contributed by atoms with Crippen molar-refractivity contribution in [2.75, 3.05) is 0 Å². The lowest BCUT2D eigenvalue weighted by molar-refractivity contribution is 0.0936. The van der Waals surface area contributed by atoms with Crippen molar-refractivity contribution in [3.63, 3.8) is 0 Å². The molecule has 1 aromatic carbocycles. The first-order valence-electron chi connectivity index (χ1n) is 8.23. The Balaban J connectivity index is 1.56. The van der Waals surface area contributed by atoms with Gasteiger partial charge in [-0.25, -0.2) is 4.39 Å². The molecule has 0 radical (unpaired) electrons. The monoisotopic (exact) mass is 324 g/mol. The minimum Gasteiger partial charge on any atom is -0.345 e. The lowest BCUT2D eigenvalue weighted by Crippen LogP contribution is -2.28. The van der Waals surface area contributed by atoms with Gasteiger partial charge in [-0.05, 0) is 55.0 Å². The quantitative estimate of drug-likeness (QED) is 0.923. The van der Waals surface area contributed by atoms with Crippen LogP contribution in [0.2, 0.25) is 0 Å². The first-order chi connectivity index (χ1) is 11.6. The number of nitrogens with one attached hydrogen (secondary N) is 1. The van der Waals surface area contributed by atoms with E-state index in [1.54, 1.807) is 12.1 Å². The van der Waals surface area contributed by atoms with Gasteiger partial charge in [0.15, 0.2) is 5.78 Å². The molecule has 1 amide bonds. The Hall–Kier alpha value is -2.56. The van der Waals surface area contributed by atoms with E-state index in [0.717, 1.165) is 42.5 Å². The number of pyridine rings is 1. The number of hydrogen-bond acceptors (Lipinski definition) is 3. The zero-order valence-electron chi connectivity index (χ0n) is 13.1. The zero-order chi connectivity index (χ0) is 16.7. The summed E-state index contributed by atoms with van der Waals surface area (Å²) in [5, 5.41) is 2.98. The van der Waals surface area contributed by atoms with Crippen LogP contribution in [-0.4, -0.2) is 16.7 Å². The highest BCUT2D eigenvalue weighted by Gasteiger charge is 2.26. The van der Waals surface area contributed by atoms with Gasteiger partial charge in [-0.2, -0.15) is 0 Å². The second-order valence-electron chi connectivity index (χ2n) is 6.40. The van der Waals surface area contributed by atoms with Crippen LogP contribution < -0.4 is 5.32 Å². The Morgan fingerprint density at radius 1 is 1.21 bits per heavy atom. The standard InChI is InChI=1S/C19H17FN2O2/c20-13-5-6-14-11(8-13)4-7-17(14)22-19(24)12-9-15-16(21-10-12)2-1-3-18(15)23/h5-6,8-10,17H,1-4,7H2,(H,22,24). The second-order valence-corrected chi connectivity index (χ2v) is 6.40. The summed E-state index contributed by atoms with van der Waals surface area (Å²) in [5.74, 6) is -0.441. The molecule has 4 rings (SSSR count). The van der Waals surface area contributed by atoms with Crippen LogP contribution in [0.5, 0.6) is 0 Å². The summed E-state index contributed by atoms with van der Waals surface area (Å²) >= 11 is 0. The molecule has 1 unspecified atom stereocenters. The number of amides is 1. The number of fused-ring (bicyclic) bond motifs is 2. The van der Waals surface area contributed by atoms with Gasteiger partial charge in [-0.1, -0.05) is 6.07 Å². The number of aryl methyl sites for hydroxylation is 2. The van der Waals surface area contributed by atoms with Crippen molar-refractivity contribution < 1.29 is 14.0 Å². The van der Waals surface area contributed by atoms with Crippen LogP contribution >= 0.6 is 0 Å².